The summed E-state index contributed by atoms with van der Waals surface area (Å²) in [5, 5.41) is 7.18. The monoisotopic (exact) mass is 362 g/mol. The third kappa shape index (κ3) is 3.49. The maximum atomic E-state index is 13.7. The highest BCUT2D eigenvalue weighted by Gasteiger charge is 2.52. The lowest BCUT2D eigenvalue weighted by atomic mass is 9.78. The molecule has 1 aromatic heterocycles. The summed E-state index contributed by atoms with van der Waals surface area (Å²) in [6.07, 6.45) is 1.74. The van der Waals surface area contributed by atoms with Gasteiger partial charge in [0.1, 0.15) is 18.2 Å². The SMILES string of the molecule is COCCOc1cc(F)ccc1-c1n[nH]cc1B1OC(C)(C)C(C)(C)O1. The minimum Gasteiger partial charge on any atom is -0.490 e. The fourth-order valence-corrected chi connectivity index (χ4v) is 2.71. The Balaban J connectivity index is 1.94. The summed E-state index contributed by atoms with van der Waals surface area (Å²) in [5.41, 5.74) is 1.08. The van der Waals surface area contributed by atoms with E-state index < -0.39 is 18.3 Å². The van der Waals surface area contributed by atoms with Crippen LogP contribution in [0.3, 0.4) is 0 Å². The number of ether oxygens (including phenoxy) is 2. The molecule has 1 aliphatic heterocycles. The zero-order valence-corrected chi connectivity index (χ0v) is 15.8. The normalized spacial score (nSPS) is 18.3. The van der Waals surface area contributed by atoms with Gasteiger partial charge in [-0.05, 0) is 39.8 Å². The van der Waals surface area contributed by atoms with E-state index in [-0.39, 0.29) is 5.82 Å². The number of H-pyrrole nitrogens is 1. The topological polar surface area (TPSA) is 65.6 Å². The van der Waals surface area contributed by atoms with Gasteiger partial charge in [-0.25, -0.2) is 4.39 Å². The van der Waals surface area contributed by atoms with Gasteiger partial charge in [-0.2, -0.15) is 5.10 Å². The van der Waals surface area contributed by atoms with E-state index in [4.69, 9.17) is 18.8 Å². The molecule has 2 aromatic rings. The smallest absolute Gasteiger partial charge is 0.490 e. The molecule has 1 aliphatic rings. The van der Waals surface area contributed by atoms with E-state index in [0.717, 1.165) is 5.46 Å². The second-order valence-corrected chi connectivity index (χ2v) is 7.26. The third-order valence-electron chi connectivity index (χ3n) is 4.92. The van der Waals surface area contributed by atoms with Crippen molar-refractivity contribution in [2.45, 2.75) is 38.9 Å². The van der Waals surface area contributed by atoms with Gasteiger partial charge in [-0.1, -0.05) is 0 Å². The molecule has 0 radical (unpaired) electrons. The van der Waals surface area contributed by atoms with Crippen molar-refractivity contribution < 1.29 is 23.2 Å². The molecular formula is C18H24BFN2O4. The van der Waals surface area contributed by atoms with Crippen LogP contribution in [0.25, 0.3) is 11.3 Å². The van der Waals surface area contributed by atoms with Crippen molar-refractivity contribution >= 4 is 12.6 Å². The molecule has 0 atom stereocenters. The van der Waals surface area contributed by atoms with E-state index in [1.807, 2.05) is 27.7 Å². The van der Waals surface area contributed by atoms with Crippen molar-refractivity contribution in [1.82, 2.24) is 10.2 Å². The molecule has 0 amide bonds. The zero-order chi connectivity index (χ0) is 18.9. The number of hydrogen-bond donors (Lipinski definition) is 1. The standard InChI is InChI=1S/C18H24BFN2O4/c1-17(2)18(3,4)26-19(25-17)14-11-21-22-16(14)13-7-6-12(20)10-15(13)24-9-8-23-5/h6-7,10-11H,8-9H2,1-5H3,(H,21,22). The van der Waals surface area contributed by atoms with Gasteiger partial charge in [-0.15, -0.1) is 0 Å². The van der Waals surface area contributed by atoms with E-state index in [0.29, 0.717) is 30.2 Å². The molecule has 1 aromatic carbocycles. The van der Waals surface area contributed by atoms with Crippen molar-refractivity contribution in [3.63, 3.8) is 0 Å². The Bertz CT molecular complexity index is 762. The Morgan fingerprint density at radius 2 is 1.85 bits per heavy atom. The zero-order valence-electron chi connectivity index (χ0n) is 15.8. The quantitative estimate of drug-likeness (QED) is 0.632. The van der Waals surface area contributed by atoms with Crippen LogP contribution in [0.4, 0.5) is 4.39 Å². The minimum atomic E-state index is -0.578. The second-order valence-electron chi connectivity index (χ2n) is 7.26. The first-order valence-corrected chi connectivity index (χ1v) is 8.56. The van der Waals surface area contributed by atoms with Crippen LogP contribution in [0.15, 0.2) is 24.4 Å². The molecule has 0 aliphatic carbocycles. The van der Waals surface area contributed by atoms with Crippen LogP contribution in [-0.4, -0.2) is 48.8 Å². The van der Waals surface area contributed by atoms with E-state index in [9.17, 15) is 4.39 Å². The lowest BCUT2D eigenvalue weighted by Crippen LogP contribution is -2.41. The molecule has 0 unspecified atom stereocenters. The Hall–Kier alpha value is -1.90. The summed E-state index contributed by atoms with van der Waals surface area (Å²) >= 11 is 0. The van der Waals surface area contributed by atoms with Crippen molar-refractivity contribution in [2.75, 3.05) is 20.3 Å². The number of methoxy groups -OCH3 is 1. The number of nitrogens with zero attached hydrogens (tertiary/aromatic N) is 1. The van der Waals surface area contributed by atoms with Crippen LogP contribution < -0.4 is 10.2 Å². The molecule has 26 heavy (non-hydrogen) atoms. The number of aromatic nitrogens is 2. The van der Waals surface area contributed by atoms with Crippen LogP contribution in [-0.2, 0) is 14.0 Å². The number of halogens is 1. The van der Waals surface area contributed by atoms with Crippen molar-refractivity contribution in [3.8, 4) is 17.0 Å². The Morgan fingerprint density at radius 3 is 2.50 bits per heavy atom. The van der Waals surface area contributed by atoms with Crippen LogP contribution in [0.1, 0.15) is 27.7 Å². The van der Waals surface area contributed by atoms with E-state index in [2.05, 4.69) is 10.2 Å². The van der Waals surface area contributed by atoms with Crippen LogP contribution in [0.2, 0.25) is 0 Å². The largest absolute Gasteiger partial charge is 0.498 e. The molecule has 1 fully saturated rings. The average Bonchev–Trinajstić information content (AvgIpc) is 3.10. The van der Waals surface area contributed by atoms with Gasteiger partial charge in [0.25, 0.3) is 0 Å². The van der Waals surface area contributed by atoms with E-state index >= 15 is 0 Å². The Labute approximate surface area is 153 Å². The summed E-state index contributed by atoms with van der Waals surface area (Å²) < 4.78 is 36.6. The first-order valence-electron chi connectivity index (χ1n) is 8.56. The second kappa shape index (κ2) is 7.02. The van der Waals surface area contributed by atoms with Gasteiger partial charge in [0, 0.05) is 30.4 Å². The number of hydrogen-bond acceptors (Lipinski definition) is 5. The lowest BCUT2D eigenvalue weighted by molar-refractivity contribution is 0.00578. The maximum Gasteiger partial charge on any atom is 0.498 e. The average molecular weight is 362 g/mol. The predicted octanol–water partition coefficient (Wildman–Crippen LogP) is 2.54. The fraction of sp³-hybridized carbons (Fsp3) is 0.500. The highest BCUT2D eigenvalue weighted by Crippen LogP contribution is 2.38. The summed E-state index contributed by atoms with van der Waals surface area (Å²) in [6, 6.07) is 4.36. The molecule has 1 N–H and O–H groups in total. The van der Waals surface area contributed by atoms with Crippen LogP contribution in [0, 0.1) is 5.82 Å². The van der Waals surface area contributed by atoms with E-state index in [1.54, 1.807) is 19.4 Å². The maximum absolute atomic E-state index is 13.7. The minimum absolute atomic E-state index is 0.309. The molecule has 2 heterocycles. The third-order valence-corrected chi connectivity index (χ3v) is 4.92. The van der Waals surface area contributed by atoms with Gasteiger partial charge < -0.3 is 18.8 Å². The molecule has 3 rings (SSSR count). The summed E-state index contributed by atoms with van der Waals surface area (Å²) in [5.74, 6) is 0.0146. The highest BCUT2D eigenvalue weighted by atomic mass is 19.1. The molecule has 0 saturated carbocycles. The van der Waals surface area contributed by atoms with Gasteiger partial charge in [0.2, 0.25) is 0 Å². The molecular weight excluding hydrogens is 338 g/mol. The van der Waals surface area contributed by atoms with Gasteiger partial charge >= 0.3 is 7.12 Å². The first kappa shape index (κ1) is 18.9. The molecule has 0 spiro atoms. The molecule has 8 heteroatoms. The first-order chi connectivity index (χ1) is 12.2. The van der Waals surface area contributed by atoms with Crippen molar-refractivity contribution in [1.29, 1.82) is 0 Å². The van der Waals surface area contributed by atoms with Crippen molar-refractivity contribution in [3.05, 3.63) is 30.2 Å². The summed E-state index contributed by atoms with van der Waals surface area (Å²) in [6.45, 7) is 8.67. The van der Waals surface area contributed by atoms with Crippen LogP contribution in [0.5, 0.6) is 5.75 Å². The fourth-order valence-electron chi connectivity index (χ4n) is 2.71. The van der Waals surface area contributed by atoms with Gasteiger partial charge in [0.15, 0.2) is 0 Å². The number of benzene rings is 1. The molecule has 0 bridgehead atoms. The summed E-state index contributed by atoms with van der Waals surface area (Å²) in [7, 11) is 1.01. The van der Waals surface area contributed by atoms with Crippen molar-refractivity contribution in [2.24, 2.45) is 0 Å². The Morgan fingerprint density at radius 1 is 1.15 bits per heavy atom. The summed E-state index contributed by atoms with van der Waals surface area (Å²) in [4.78, 5) is 0. The van der Waals surface area contributed by atoms with E-state index in [1.165, 1.54) is 12.1 Å². The molecule has 140 valence electrons. The Kier molecular flexibility index (Phi) is 5.10. The molecule has 6 nitrogen and oxygen atoms in total. The van der Waals surface area contributed by atoms with Crippen LogP contribution >= 0.6 is 0 Å². The number of nitrogens with one attached hydrogen (secondary N) is 1. The number of rotatable bonds is 6. The highest BCUT2D eigenvalue weighted by molar-refractivity contribution is 6.63. The van der Waals surface area contributed by atoms with Gasteiger partial charge in [0.05, 0.1) is 23.5 Å². The van der Waals surface area contributed by atoms with Gasteiger partial charge in [-0.3, -0.25) is 5.10 Å². The predicted molar refractivity (Wildman–Crippen MR) is 97.1 cm³/mol. The lowest BCUT2D eigenvalue weighted by Gasteiger charge is -2.32. The molecule has 1 saturated heterocycles. The number of aromatic amines is 1.